The Balaban J connectivity index is 1.70. The average Bonchev–Trinajstić information content (AvgIpc) is 3.27. The third kappa shape index (κ3) is 6.86. The molecule has 0 aliphatic carbocycles. The van der Waals surface area contributed by atoms with Gasteiger partial charge in [0.2, 0.25) is 5.91 Å². The van der Waals surface area contributed by atoms with E-state index in [0.29, 0.717) is 28.3 Å². The summed E-state index contributed by atoms with van der Waals surface area (Å²) >= 11 is 7.04. The van der Waals surface area contributed by atoms with Gasteiger partial charge in [0, 0.05) is 11.6 Å². The smallest absolute Gasteiger partial charge is 0.339 e. The summed E-state index contributed by atoms with van der Waals surface area (Å²) in [4.78, 5) is 36.7. The quantitative estimate of drug-likeness (QED) is 0.222. The molecule has 36 heavy (non-hydrogen) atoms. The van der Waals surface area contributed by atoms with E-state index in [9.17, 15) is 14.4 Å². The number of benzene rings is 2. The minimum absolute atomic E-state index is 0.0453. The molecule has 10 nitrogen and oxygen atoms in total. The SMILES string of the molecule is C=CCn1c(COc2ccc(Cl)cc2)nnc1SCC(=O)Nc1cc(C(=O)OC)ccc1C(=O)OC. The predicted octanol–water partition coefficient (Wildman–Crippen LogP) is 4.00. The summed E-state index contributed by atoms with van der Waals surface area (Å²) in [5.41, 5.74) is 0.393. The van der Waals surface area contributed by atoms with Crippen LogP contribution >= 0.6 is 23.4 Å². The summed E-state index contributed by atoms with van der Waals surface area (Å²) in [6.07, 6.45) is 1.68. The van der Waals surface area contributed by atoms with Crippen LogP contribution in [0.25, 0.3) is 0 Å². The van der Waals surface area contributed by atoms with E-state index in [1.54, 1.807) is 34.9 Å². The molecule has 188 valence electrons. The molecule has 0 bridgehead atoms. The Labute approximate surface area is 216 Å². The molecule has 1 aromatic heterocycles. The summed E-state index contributed by atoms with van der Waals surface area (Å²) in [5, 5.41) is 12.1. The molecule has 1 amide bonds. The van der Waals surface area contributed by atoms with Crippen molar-refractivity contribution in [3.05, 3.63) is 77.1 Å². The predicted molar refractivity (Wildman–Crippen MR) is 134 cm³/mol. The van der Waals surface area contributed by atoms with Crippen LogP contribution in [0.2, 0.25) is 5.02 Å². The van der Waals surface area contributed by atoms with Gasteiger partial charge in [0.05, 0.1) is 36.8 Å². The highest BCUT2D eigenvalue weighted by Gasteiger charge is 2.19. The Kier molecular flexibility index (Phi) is 9.48. The highest BCUT2D eigenvalue weighted by atomic mass is 35.5. The summed E-state index contributed by atoms with van der Waals surface area (Å²) in [7, 11) is 2.46. The second-order valence-corrected chi connectivity index (χ2v) is 8.50. The maximum absolute atomic E-state index is 12.7. The van der Waals surface area contributed by atoms with Crippen LogP contribution in [0.1, 0.15) is 26.5 Å². The summed E-state index contributed by atoms with van der Waals surface area (Å²) in [5.74, 6) is -0.578. The lowest BCUT2D eigenvalue weighted by Gasteiger charge is -2.12. The van der Waals surface area contributed by atoms with Gasteiger partial charge >= 0.3 is 11.9 Å². The van der Waals surface area contributed by atoms with Crippen LogP contribution in [0.15, 0.2) is 60.3 Å². The molecule has 3 rings (SSSR count). The number of aromatic nitrogens is 3. The van der Waals surface area contributed by atoms with E-state index >= 15 is 0 Å². The van der Waals surface area contributed by atoms with Crippen molar-refractivity contribution in [1.29, 1.82) is 0 Å². The number of halogens is 1. The third-order valence-electron chi connectivity index (χ3n) is 4.74. The number of ether oxygens (including phenoxy) is 3. The van der Waals surface area contributed by atoms with Crippen LogP contribution in [0, 0.1) is 0 Å². The van der Waals surface area contributed by atoms with Crippen molar-refractivity contribution in [1.82, 2.24) is 14.8 Å². The van der Waals surface area contributed by atoms with Crippen molar-refractivity contribution in [2.24, 2.45) is 0 Å². The van der Waals surface area contributed by atoms with E-state index in [4.69, 9.17) is 25.8 Å². The van der Waals surface area contributed by atoms with Gasteiger partial charge in [-0.1, -0.05) is 29.4 Å². The molecule has 2 aromatic carbocycles. The normalized spacial score (nSPS) is 10.4. The minimum Gasteiger partial charge on any atom is -0.486 e. The highest BCUT2D eigenvalue weighted by molar-refractivity contribution is 7.99. The Hall–Kier alpha value is -3.83. The first kappa shape index (κ1) is 26.8. The van der Waals surface area contributed by atoms with E-state index in [1.807, 2.05) is 0 Å². The van der Waals surface area contributed by atoms with Gasteiger partial charge in [-0.05, 0) is 42.5 Å². The lowest BCUT2D eigenvalue weighted by molar-refractivity contribution is -0.113. The monoisotopic (exact) mass is 530 g/mol. The van der Waals surface area contributed by atoms with Crippen molar-refractivity contribution in [3.63, 3.8) is 0 Å². The van der Waals surface area contributed by atoms with Crippen LogP contribution in [0.5, 0.6) is 5.75 Å². The number of methoxy groups -OCH3 is 2. The molecule has 0 saturated carbocycles. The molecule has 0 radical (unpaired) electrons. The maximum atomic E-state index is 12.7. The van der Waals surface area contributed by atoms with E-state index in [0.717, 1.165) is 11.8 Å². The number of rotatable bonds is 11. The Bertz CT molecular complexity index is 1260. The molecule has 3 aromatic rings. The average molecular weight is 531 g/mol. The molecule has 0 atom stereocenters. The van der Waals surface area contributed by atoms with Crippen LogP contribution in [-0.4, -0.2) is 52.6 Å². The number of hydrogen-bond donors (Lipinski definition) is 1. The van der Waals surface area contributed by atoms with Crippen molar-refractivity contribution >= 4 is 46.9 Å². The number of nitrogens with one attached hydrogen (secondary N) is 1. The molecule has 0 aliphatic heterocycles. The van der Waals surface area contributed by atoms with Crippen LogP contribution < -0.4 is 10.1 Å². The number of carbonyl (C=O) groups is 3. The first-order chi connectivity index (χ1) is 17.4. The van der Waals surface area contributed by atoms with Crippen LogP contribution in [0.4, 0.5) is 5.69 Å². The third-order valence-corrected chi connectivity index (χ3v) is 5.96. The van der Waals surface area contributed by atoms with Crippen molar-refractivity contribution in [2.45, 2.75) is 18.3 Å². The lowest BCUT2D eigenvalue weighted by atomic mass is 10.1. The van der Waals surface area contributed by atoms with Gasteiger partial charge in [0.15, 0.2) is 11.0 Å². The van der Waals surface area contributed by atoms with Gasteiger partial charge in [-0.15, -0.1) is 16.8 Å². The second-order valence-electron chi connectivity index (χ2n) is 7.12. The molecular weight excluding hydrogens is 508 g/mol. The summed E-state index contributed by atoms with van der Waals surface area (Å²) in [6.45, 7) is 4.32. The molecular formula is C24H23ClN4O6S. The Morgan fingerprint density at radius 1 is 1.08 bits per heavy atom. The fourth-order valence-corrected chi connectivity index (χ4v) is 3.91. The van der Waals surface area contributed by atoms with E-state index in [2.05, 4.69) is 22.1 Å². The molecule has 1 heterocycles. The topological polar surface area (TPSA) is 122 Å². The zero-order chi connectivity index (χ0) is 26.1. The number of nitrogens with zero attached hydrogens (tertiary/aromatic N) is 3. The van der Waals surface area contributed by atoms with Gasteiger partial charge < -0.3 is 19.5 Å². The van der Waals surface area contributed by atoms with E-state index in [1.165, 1.54) is 32.4 Å². The lowest BCUT2D eigenvalue weighted by Crippen LogP contribution is -2.18. The Morgan fingerprint density at radius 2 is 1.81 bits per heavy atom. The highest BCUT2D eigenvalue weighted by Crippen LogP contribution is 2.23. The number of amides is 1. The van der Waals surface area contributed by atoms with Crippen molar-refractivity contribution in [2.75, 3.05) is 25.3 Å². The Morgan fingerprint density at radius 3 is 2.47 bits per heavy atom. The fourth-order valence-electron chi connectivity index (χ4n) is 3.02. The zero-order valence-corrected chi connectivity index (χ0v) is 21.1. The van der Waals surface area contributed by atoms with Gasteiger partial charge in [-0.25, -0.2) is 9.59 Å². The summed E-state index contributed by atoms with van der Waals surface area (Å²) in [6, 6.07) is 11.1. The maximum Gasteiger partial charge on any atom is 0.339 e. The van der Waals surface area contributed by atoms with Gasteiger partial charge in [0.1, 0.15) is 12.4 Å². The van der Waals surface area contributed by atoms with E-state index in [-0.39, 0.29) is 29.2 Å². The van der Waals surface area contributed by atoms with Gasteiger partial charge in [-0.2, -0.15) is 0 Å². The van der Waals surface area contributed by atoms with E-state index < -0.39 is 17.8 Å². The second kappa shape index (κ2) is 12.8. The molecule has 0 aliphatic rings. The summed E-state index contributed by atoms with van der Waals surface area (Å²) < 4.78 is 17.0. The number of thioether (sulfide) groups is 1. The molecule has 0 saturated heterocycles. The van der Waals surface area contributed by atoms with Crippen LogP contribution in [-0.2, 0) is 27.4 Å². The number of hydrogen-bond acceptors (Lipinski definition) is 9. The van der Waals surface area contributed by atoms with Gasteiger partial charge in [-0.3, -0.25) is 9.36 Å². The first-order valence-corrected chi connectivity index (χ1v) is 11.9. The van der Waals surface area contributed by atoms with Gasteiger partial charge in [0.25, 0.3) is 0 Å². The standard InChI is InChI=1S/C24H23ClN4O6S/c1-4-11-29-20(13-35-17-8-6-16(25)7-9-17)27-28-24(29)36-14-21(30)26-19-12-15(22(31)33-2)5-10-18(19)23(32)34-3/h4-10,12H,1,11,13-14H2,2-3H3,(H,26,30). The molecule has 1 N–H and O–H groups in total. The zero-order valence-electron chi connectivity index (χ0n) is 19.5. The first-order valence-electron chi connectivity index (χ1n) is 10.5. The number of allylic oxidation sites excluding steroid dienone is 1. The number of anilines is 1. The molecule has 0 fully saturated rings. The largest absolute Gasteiger partial charge is 0.486 e. The molecule has 12 heteroatoms. The molecule has 0 unspecified atom stereocenters. The molecule has 0 spiro atoms. The minimum atomic E-state index is -0.662. The van der Waals surface area contributed by atoms with Crippen molar-refractivity contribution in [3.8, 4) is 5.75 Å². The van der Waals surface area contributed by atoms with Crippen molar-refractivity contribution < 1.29 is 28.6 Å². The fraction of sp³-hybridized carbons (Fsp3) is 0.208. The number of carbonyl (C=O) groups excluding carboxylic acids is 3. The van der Waals surface area contributed by atoms with Crippen LogP contribution in [0.3, 0.4) is 0 Å². The number of esters is 2.